The lowest BCUT2D eigenvalue weighted by Gasteiger charge is -2.25. The van der Waals surface area contributed by atoms with Gasteiger partial charge >= 0.3 is 6.09 Å². The van der Waals surface area contributed by atoms with Crippen LogP contribution >= 0.6 is 0 Å². The van der Waals surface area contributed by atoms with E-state index < -0.39 is 5.60 Å². The van der Waals surface area contributed by atoms with E-state index in [1.165, 1.54) is 0 Å². The predicted octanol–water partition coefficient (Wildman–Crippen LogP) is 2.54. The van der Waals surface area contributed by atoms with Crippen molar-refractivity contribution in [3.05, 3.63) is 11.4 Å². The highest BCUT2D eigenvalue weighted by Gasteiger charge is 2.38. The van der Waals surface area contributed by atoms with E-state index in [-0.39, 0.29) is 12.0 Å². The molecule has 2 amide bonds. The number of carbonyl (C=O) groups excluding carboxylic acids is 2. The smallest absolute Gasteiger partial charge is 0.410 e. The van der Waals surface area contributed by atoms with Gasteiger partial charge in [-0.05, 0) is 72.4 Å². The number of aromatic amines is 1. The summed E-state index contributed by atoms with van der Waals surface area (Å²) >= 11 is 0. The number of nitrogens with one attached hydrogen (secondary N) is 2. The van der Waals surface area contributed by atoms with Gasteiger partial charge in [-0.2, -0.15) is 5.10 Å². The van der Waals surface area contributed by atoms with Crippen LogP contribution in [0.5, 0.6) is 0 Å². The van der Waals surface area contributed by atoms with E-state index in [4.69, 9.17) is 4.74 Å². The van der Waals surface area contributed by atoms with Crippen molar-refractivity contribution in [3.8, 4) is 0 Å². The van der Waals surface area contributed by atoms with Crippen molar-refractivity contribution in [2.45, 2.75) is 53.1 Å². The highest BCUT2D eigenvalue weighted by molar-refractivity contribution is 5.93. The van der Waals surface area contributed by atoms with Crippen LogP contribution in [0.1, 0.15) is 45.0 Å². The molecule has 0 saturated carbocycles. The lowest BCUT2D eigenvalue weighted by molar-refractivity contribution is -0.117. The fraction of sp³-hybridized carbons (Fsp3) is 0.750. The van der Waals surface area contributed by atoms with Crippen LogP contribution in [0.3, 0.4) is 0 Å². The zero-order chi connectivity index (χ0) is 20.5. The monoisotopic (exact) mass is 391 g/mol. The van der Waals surface area contributed by atoms with Crippen LogP contribution in [0, 0.1) is 25.7 Å². The Morgan fingerprint density at radius 3 is 2.29 bits per heavy atom. The number of fused-ring (bicyclic) bond motifs is 1. The normalized spacial score (nSPS) is 23.2. The summed E-state index contributed by atoms with van der Waals surface area (Å²) < 4.78 is 5.52. The molecular formula is C20H33N5O3. The van der Waals surface area contributed by atoms with Crippen molar-refractivity contribution >= 4 is 17.7 Å². The summed E-state index contributed by atoms with van der Waals surface area (Å²) in [6, 6.07) is 0. The van der Waals surface area contributed by atoms with Gasteiger partial charge in [0.25, 0.3) is 0 Å². The Hall–Kier alpha value is -2.09. The molecule has 2 saturated heterocycles. The molecular weight excluding hydrogens is 358 g/mol. The molecule has 156 valence electrons. The van der Waals surface area contributed by atoms with Gasteiger partial charge in [0.1, 0.15) is 5.60 Å². The quantitative estimate of drug-likeness (QED) is 0.826. The Morgan fingerprint density at radius 1 is 1.18 bits per heavy atom. The number of aromatic nitrogens is 2. The van der Waals surface area contributed by atoms with Crippen molar-refractivity contribution in [2.24, 2.45) is 11.8 Å². The van der Waals surface area contributed by atoms with Crippen LogP contribution in [0.25, 0.3) is 0 Å². The molecule has 1 aromatic heterocycles. The highest BCUT2D eigenvalue weighted by Crippen LogP contribution is 2.32. The van der Waals surface area contributed by atoms with Crippen molar-refractivity contribution < 1.29 is 14.3 Å². The Kier molecular flexibility index (Phi) is 5.98. The number of ether oxygens (including phenoxy) is 1. The molecule has 28 heavy (non-hydrogen) atoms. The van der Waals surface area contributed by atoms with Crippen molar-refractivity contribution in [3.63, 3.8) is 0 Å². The Morgan fingerprint density at radius 2 is 1.79 bits per heavy atom. The van der Waals surface area contributed by atoms with Crippen LogP contribution < -0.4 is 5.32 Å². The topological polar surface area (TPSA) is 90.6 Å². The largest absolute Gasteiger partial charge is 0.444 e. The van der Waals surface area contributed by atoms with Gasteiger partial charge in [-0.25, -0.2) is 4.79 Å². The molecule has 0 bridgehead atoms. The number of H-pyrrole nitrogens is 1. The van der Waals surface area contributed by atoms with E-state index in [1.54, 1.807) is 0 Å². The summed E-state index contributed by atoms with van der Waals surface area (Å²) in [5.74, 6) is 0.966. The number of hydrogen-bond acceptors (Lipinski definition) is 5. The molecule has 2 aliphatic heterocycles. The Labute approximate surface area is 167 Å². The number of anilines is 1. The molecule has 0 aliphatic carbocycles. The maximum atomic E-state index is 12.5. The molecule has 1 aromatic rings. The molecule has 2 atom stereocenters. The second-order valence-corrected chi connectivity index (χ2v) is 9.12. The summed E-state index contributed by atoms with van der Waals surface area (Å²) in [6.45, 7) is 13.1. The summed E-state index contributed by atoms with van der Waals surface area (Å²) in [6.07, 6.45) is 1.80. The predicted molar refractivity (Wildman–Crippen MR) is 107 cm³/mol. The number of nitrogens with zero attached hydrogens (tertiary/aromatic N) is 3. The highest BCUT2D eigenvalue weighted by atomic mass is 16.6. The summed E-state index contributed by atoms with van der Waals surface area (Å²) in [5, 5.41) is 9.98. The second-order valence-electron chi connectivity index (χ2n) is 9.12. The number of aryl methyl sites for hydroxylation is 2. The molecule has 2 fully saturated rings. The first-order valence-corrected chi connectivity index (χ1v) is 10.1. The van der Waals surface area contributed by atoms with Crippen LogP contribution in [0.15, 0.2) is 0 Å². The van der Waals surface area contributed by atoms with Gasteiger partial charge in [-0.3, -0.25) is 14.8 Å². The molecule has 3 heterocycles. The molecule has 2 aliphatic rings. The van der Waals surface area contributed by atoms with Gasteiger partial charge in [0, 0.05) is 13.1 Å². The summed E-state index contributed by atoms with van der Waals surface area (Å²) in [5.41, 5.74) is 2.00. The number of hydrogen-bond donors (Lipinski definition) is 2. The van der Waals surface area contributed by atoms with Crippen molar-refractivity contribution in [1.29, 1.82) is 0 Å². The third-order valence-corrected chi connectivity index (χ3v) is 5.62. The van der Waals surface area contributed by atoms with Crippen LogP contribution in [0.4, 0.5) is 10.5 Å². The van der Waals surface area contributed by atoms with E-state index in [1.807, 2.05) is 39.5 Å². The third-order valence-electron chi connectivity index (χ3n) is 5.62. The maximum Gasteiger partial charge on any atom is 0.410 e. The Bertz CT molecular complexity index is 688. The maximum absolute atomic E-state index is 12.5. The minimum absolute atomic E-state index is 0.00459. The minimum atomic E-state index is -0.461. The molecule has 2 N–H and O–H groups in total. The molecule has 8 nitrogen and oxygen atoms in total. The van der Waals surface area contributed by atoms with E-state index in [2.05, 4.69) is 20.4 Å². The zero-order valence-electron chi connectivity index (χ0n) is 17.7. The fourth-order valence-electron chi connectivity index (χ4n) is 4.15. The zero-order valence-corrected chi connectivity index (χ0v) is 17.7. The van der Waals surface area contributed by atoms with Crippen molar-refractivity contribution in [1.82, 2.24) is 20.0 Å². The first-order chi connectivity index (χ1) is 13.1. The van der Waals surface area contributed by atoms with Gasteiger partial charge in [-0.1, -0.05) is 0 Å². The number of likely N-dealkylation sites (tertiary alicyclic amines) is 2. The SMILES string of the molecule is Cc1n[nH]c(C)c1NC(=O)CN1CC[C@@H]2CN(C(=O)OC(C)(C)C)C[C@@H]2CC1. The van der Waals surface area contributed by atoms with Crippen LogP contribution in [-0.4, -0.2) is 70.3 Å². The average Bonchev–Trinajstić information content (AvgIpc) is 3.08. The molecule has 0 aromatic carbocycles. The standard InChI is InChI=1S/C20H33N5O3/c1-13-18(14(2)23-22-13)21-17(26)12-24-8-6-15-10-25(11-16(15)7-9-24)19(27)28-20(3,4)5/h15-16H,6-12H2,1-5H3,(H,21,26)(H,22,23)/t15-,16+. The van der Waals surface area contributed by atoms with Gasteiger partial charge in [0.2, 0.25) is 5.91 Å². The van der Waals surface area contributed by atoms with Gasteiger partial charge in [0.05, 0.1) is 23.6 Å². The molecule has 3 rings (SSSR count). The van der Waals surface area contributed by atoms with E-state index in [0.29, 0.717) is 18.4 Å². The number of rotatable bonds is 3. The lowest BCUT2D eigenvalue weighted by Crippen LogP contribution is -2.37. The van der Waals surface area contributed by atoms with Crippen molar-refractivity contribution in [2.75, 3.05) is 38.0 Å². The second kappa shape index (κ2) is 8.11. The van der Waals surface area contributed by atoms with Gasteiger partial charge in [0.15, 0.2) is 0 Å². The summed E-state index contributed by atoms with van der Waals surface area (Å²) in [7, 11) is 0. The van der Waals surface area contributed by atoms with Crippen LogP contribution in [-0.2, 0) is 9.53 Å². The summed E-state index contributed by atoms with van der Waals surface area (Å²) in [4.78, 5) is 28.9. The first kappa shape index (κ1) is 20.6. The Balaban J connectivity index is 1.48. The first-order valence-electron chi connectivity index (χ1n) is 10.1. The van der Waals surface area contributed by atoms with E-state index in [0.717, 1.165) is 56.1 Å². The van der Waals surface area contributed by atoms with Crippen LogP contribution in [0.2, 0.25) is 0 Å². The molecule has 0 spiro atoms. The fourth-order valence-corrected chi connectivity index (χ4v) is 4.15. The number of carbonyl (C=O) groups is 2. The van der Waals surface area contributed by atoms with E-state index >= 15 is 0 Å². The molecule has 0 unspecified atom stereocenters. The number of amides is 2. The third kappa shape index (κ3) is 5.04. The molecule has 0 radical (unpaired) electrons. The van der Waals surface area contributed by atoms with E-state index in [9.17, 15) is 9.59 Å². The minimum Gasteiger partial charge on any atom is -0.444 e. The lowest BCUT2D eigenvalue weighted by atomic mass is 9.92. The average molecular weight is 392 g/mol. The van der Waals surface area contributed by atoms with Gasteiger partial charge < -0.3 is 15.0 Å². The molecule has 8 heteroatoms. The van der Waals surface area contributed by atoms with Gasteiger partial charge in [-0.15, -0.1) is 0 Å².